The van der Waals surface area contributed by atoms with E-state index in [4.69, 9.17) is 9.72 Å². The number of aromatic nitrogens is 1. The average molecular weight is 295 g/mol. The molecule has 0 saturated heterocycles. The minimum Gasteiger partial charge on any atom is -0.462 e. The van der Waals surface area contributed by atoms with Crippen LogP contribution < -0.4 is 0 Å². The monoisotopic (exact) mass is 295 g/mol. The fraction of sp³-hybridized carbons (Fsp3) is 0.750. The molecule has 1 heterocycles. The lowest BCUT2D eigenvalue weighted by atomic mass is 9.97. The first-order valence-electron chi connectivity index (χ1n) is 7.59. The summed E-state index contributed by atoms with van der Waals surface area (Å²) in [7, 11) is 0. The van der Waals surface area contributed by atoms with Gasteiger partial charge in [0.1, 0.15) is 4.88 Å². The van der Waals surface area contributed by atoms with E-state index in [2.05, 4.69) is 20.8 Å². The Bertz CT molecular complexity index is 467. The summed E-state index contributed by atoms with van der Waals surface area (Å²) in [6, 6.07) is 0. The third-order valence-electron chi connectivity index (χ3n) is 3.76. The molecule has 0 N–H and O–H groups in total. The van der Waals surface area contributed by atoms with Crippen LogP contribution in [-0.2, 0) is 16.6 Å². The van der Waals surface area contributed by atoms with E-state index < -0.39 is 0 Å². The van der Waals surface area contributed by atoms with Crippen LogP contribution >= 0.6 is 11.3 Å². The molecule has 0 spiro atoms. The van der Waals surface area contributed by atoms with Gasteiger partial charge in [-0.1, -0.05) is 46.5 Å². The molecular weight excluding hydrogens is 270 g/mol. The van der Waals surface area contributed by atoms with Crippen molar-refractivity contribution in [1.29, 1.82) is 0 Å². The lowest BCUT2D eigenvalue weighted by Crippen LogP contribution is -2.11. The number of carbonyl (C=O) groups is 1. The second-order valence-electron chi connectivity index (χ2n) is 6.62. The lowest BCUT2D eigenvalue weighted by Gasteiger charge is -2.13. The lowest BCUT2D eigenvalue weighted by molar-refractivity contribution is 0.0530. The molecule has 1 aliphatic rings. The molecule has 0 aromatic carbocycles. The Kier molecular flexibility index (Phi) is 4.84. The molecule has 1 saturated carbocycles. The van der Waals surface area contributed by atoms with Crippen molar-refractivity contribution in [3.63, 3.8) is 0 Å². The number of nitrogens with zero attached hydrogens (tertiary/aromatic N) is 1. The Morgan fingerprint density at radius 2 is 2.00 bits per heavy atom. The Hall–Kier alpha value is -0.900. The molecule has 0 atom stereocenters. The van der Waals surface area contributed by atoms with Gasteiger partial charge in [0, 0.05) is 5.41 Å². The number of rotatable bonds is 4. The molecule has 4 heteroatoms. The molecule has 1 aromatic rings. The average Bonchev–Trinajstić information content (AvgIpc) is 2.98. The minimum absolute atomic E-state index is 0.0141. The van der Waals surface area contributed by atoms with Crippen molar-refractivity contribution in [2.45, 2.75) is 65.2 Å². The smallest absolute Gasteiger partial charge is 0.350 e. The maximum absolute atomic E-state index is 12.1. The fourth-order valence-corrected chi connectivity index (χ4v) is 3.70. The van der Waals surface area contributed by atoms with Gasteiger partial charge >= 0.3 is 5.97 Å². The molecule has 0 unspecified atom stereocenters. The number of hydrogen-bond donors (Lipinski definition) is 0. The fourth-order valence-electron chi connectivity index (χ4n) is 2.65. The molecular formula is C16H25NO2S. The third kappa shape index (κ3) is 3.60. The van der Waals surface area contributed by atoms with E-state index in [9.17, 15) is 4.79 Å². The summed E-state index contributed by atoms with van der Waals surface area (Å²) in [5.74, 6) is 0.492. The molecule has 1 aromatic heterocycles. The van der Waals surface area contributed by atoms with Crippen LogP contribution in [0, 0.1) is 5.92 Å². The van der Waals surface area contributed by atoms with Gasteiger partial charge < -0.3 is 4.74 Å². The SMILES string of the molecule is CCOC(=O)c1sc(C(C)(C)C)nc1CC1CCCC1. The highest BCUT2D eigenvalue weighted by Gasteiger charge is 2.27. The van der Waals surface area contributed by atoms with Crippen LogP contribution in [0.1, 0.15) is 73.8 Å². The zero-order valence-corrected chi connectivity index (χ0v) is 13.8. The van der Waals surface area contributed by atoms with Crippen LogP contribution in [0.5, 0.6) is 0 Å². The predicted octanol–water partition coefficient (Wildman–Crippen LogP) is 4.35. The maximum Gasteiger partial charge on any atom is 0.350 e. The van der Waals surface area contributed by atoms with Crippen molar-refractivity contribution >= 4 is 17.3 Å². The highest BCUT2D eigenvalue weighted by atomic mass is 32.1. The van der Waals surface area contributed by atoms with Crippen LogP contribution in [0.3, 0.4) is 0 Å². The molecule has 1 aliphatic carbocycles. The largest absolute Gasteiger partial charge is 0.462 e. The van der Waals surface area contributed by atoms with Gasteiger partial charge in [0.2, 0.25) is 0 Å². The van der Waals surface area contributed by atoms with Crippen LogP contribution in [0.15, 0.2) is 0 Å². The summed E-state index contributed by atoms with van der Waals surface area (Å²) in [6.45, 7) is 8.69. The van der Waals surface area contributed by atoms with E-state index in [1.54, 1.807) is 0 Å². The topological polar surface area (TPSA) is 39.2 Å². The van der Waals surface area contributed by atoms with Gasteiger partial charge in [0.25, 0.3) is 0 Å². The van der Waals surface area contributed by atoms with E-state index in [0.29, 0.717) is 12.5 Å². The zero-order chi connectivity index (χ0) is 14.8. The summed E-state index contributed by atoms with van der Waals surface area (Å²) in [5.41, 5.74) is 0.949. The Morgan fingerprint density at radius 3 is 2.55 bits per heavy atom. The summed E-state index contributed by atoms with van der Waals surface area (Å²) in [6.07, 6.45) is 6.10. The number of hydrogen-bond acceptors (Lipinski definition) is 4. The molecule has 0 bridgehead atoms. The van der Waals surface area contributed by atoms with Crippen LogP contribution in [-0.4, -0.2) is 17.6 Å². The van der Waals surface area contributed by atoms with E-state index in [0.717, 1.165) is 22.0 Å². The predicted molar refractivity (Wildman–Crippen MR) is 82.4 cm³/mol. The quantitative estimate of drug-likeness (QED) is 0.775. The highest BCUT2D eigenvalue weighted by molar-refractivity contribution is 7.13. The summed E-state index contributed by atoms with van der Waals surface area (Å²) in [5, 5.41) is 1.04. The van der Waals surface area contributed by atoms with Crippen molar-refractivity contribution in [3.8, 4) is 0 Å². The van der Waals surface area contributed by atoms with Crippen LogP contribution in [0.2, 0.25) is 0 Å². The first-order valence-corrected chi connectivity index (χ1v) is 8.40. The summed E-state index contributed by atoms with van der Waals surface area (Å²) >= 11 is 1.51. The molecule has 2 rings (SSSR count). The molecule has 3 nitrogen and oxygen atoms in total. The minimum atomic E-state index is -0.200. The second-order valence-corrected chi connectivity index (χ2v) is 7.62. The Morgan fingerprint density at radius 1 is 1.35 bits per heavy atom. The first-order chi connectivity index (χ1) is 9.41. The summed E-state index contributed by atoms with van der Waals surface area (Å²) < 4.78 is 5.19. The van der Waals surface area contributed by atoms with Gasteiger partial charge in [-0.15, -0.1) is 11.3 Å². The number of carbonyl (C=O) groups excluding carboxylic acids is 1. The van der Waals surface area contributed by atoms with Crippen LogP contribution in [0.4, 0.5) is 0 Å². The van der Waals surface area contributed by atoms with Gasteiger partial charge in [-0.2, -0.15) is 0 Å². The van der Waals surface area contributed by atoms with Gasteiger partial charge in [0.05, 0.1) is 17.3 Å². The van der Waals surface area contributed by atoms with Gasteiger partial charge in [0.15, 0.2) is 0 Å². The molecule has 112 valence electrons. The molecule has 0 aliphatic heterocycles. The number of esters is 1. The molecule has 0 radical (unpaired) electrons. The van der Waals surface area contributed by atoms with E-state index in [1.165, 1.54) is 37.0 Å². The summed E-state index contributed by atoms with van der Waals surface area (Å²) in [4.78, 5) is 17.6. The number of ether oxygens (including phenoxy) is 1. The Balaban J connectivity index is 2.26. The molecule has 0 amide bonds. The normalized spacial score (nSPS) is 16.6. The van der Waals surface area contributed by atoms with Crippen molar-refractivity contribution in [2.24, 2.45) is 5.92 Å². The van der Waals surface area contributed by atoms with E-state index in [1.807, 2.05) is 6.92 Å². The van der Waals surface area contributed by atoms with Crippen molar-refractivity contribution in [1.82, 2.24) is 4.98 Å². The van der Waals surface area contributed by atoms with Crippen LogP contribution in [0.25, 0.3) is 0 Å². The van der Waals surface area contributed by atoms with E-state index >= 15 is 0 Å². The molecule has 1 fully saturated rings. The van der Waals surface area contributed by atoms with Crippen molar-refractivity contribution in [2.75, 3.05) is 6.61 Å². The third-order valence-corrected chi connectivity index (χ3v) is 5.26. The highest BCUT2D eigenvalue weighted by Crippen LogP contribution is 2.34. The van der Waals surface area contributed by atoms with E-state index in [-0.39, 0.29) is 11.4 Å². The molecule has 20 heavy (non-hydrogen) atoms. The Labute approximate surface area is 125 Å². The van der Waals surface area contributed by atoms with Gasteiger partial charge in [-0.05, 0) is 19.3 Å². The maximum atomic E-state index is 12.1. The van der Waals surface area contributed by atoms with Gasteiger partial charge in [-0.3, -0.25) is 0 Å². The second kappa shape index (κ2) is 6.25. The van der Waals surface area contributed by atoms with Gasteiger partial charge in [-0.25, -0.2) is 9.78 Å². The van der Waals surface area contributed by atoms with Crippen molar-refractivity contribution < 1.29 is 9.53 Å². The first kappa shape index (κ1) is 15.5. The standard InChI is InChI=1S/C16H25NO2S/c1-5-19-14(18)13-12(10-11-8-6-7-9-11)17-15(20-13)16(2,3)4/h11H,5-10H2,1-4H3. The van der Waals surface area contributed by atoms with Crippen molar-refractivity contribution in [3.05, 3.63) is 15.6 Å². The zero-order valence-electron chi connectivity index (χ0n) is 13.0. The number of thiazole rings is 1.